The minimum absolute atomic E-state index is 0. The molecular weight excluding hydrogens is 1400 g/mol. The third-order valence-electron chi connectivity index (χ3n) is 18.9. The monoisotopic (exact) mass is 1590 g/mol. The van der Waals surface area contributed by atoms with Crippen LogP contribution in [-0.4, -0.2) is 226 Å². The van der Waals surface area contributed by atoms with Gasteiger partial charge < -0.3 is 32.8 Å². The van der Waals surface area contributed by atoms with E-state index in [1.165, 1.54) is 135 Å². The normalized spacial score (nSPS) is 18.2. The van der Waals surface area contributed by atoms with Crippen LogP contribution in [0.15, 0.2) is 76.0 Å². The molecule has 8 heterocycles. The summed E-state index contributed by atoms with van der Waals surface area (Å²) < 4.78 is 49.3. The molecule has 6 saturated heterocycles. The Morgan fingerprint density at radius 1 is 0.418 bits per heavy atom. The smallest absolute Gasteiger partial charge is 0.129 e. The van der Waals surface area contributed by atoms with Gasteiger partial charge in [0.1, 0.15) is 18.1 Å². The number of likely N-dealkylation sites (tertiary alicyclic amines) is 3. The molecule has 110 heavy (non-hydrogen) atoms. The first kappa shape index (κ1) is 114. The van der Waals surface area contributed by atoms with E-state index in [2.05, 4.69) is 246 Å². The van der Waals surface area contributed by atoms with Gasteiger partial charge in [-0.15, -0.1) is 0 Å². The number of piperidine rings is 2. The van der Waals surface area contributed by atoms with Crippen LogP contribution in [0.3, 0.4) is 0 Å². The maximum absolute atomic E-state index is 11.5. The van der Waals surface area contributed by atoms with Crippen LogP contribution in [0.2, 0.25) is 0 Å². The van der Waals surface area contributed by atoms with Gasteiger partial charge in [0.25, 0.3) is 0 Å². The van der Waals surface area contributed by atoms with Crippen LogP contribution < -0.4 is 0 Å². The fourth-order valence-corrected chi connectivity index (χ4v) is 14.6. The van der Waals surface area contributed by atoms with Crippen molar-refractivity contribution in [2.75, 3.05) is 161 Å². The van der Waals surface area contributed by atoms with Crippen LogP contribution in [0.25, 0.3) is 0 Å². The molecule has 0 aliphatic carbocycles. The number of benzene rings is 1. The molecule has 0 N–H and O–H groups in total. The van der Waals surface area contributed by atoms with Gasteiger partial charge in [-0.05, 0) is 264 Å². The zero-order valence-corrected chi connectivity index (χ0v) is 76.4. The fraction of sp³-hybridized carbons (Fsp3) is 0.840. The van der Waals surface area contributed by atoms with Crippen molar-refractivity contribution in [2.45, 2.75) is 324 Å². The molecule has 0 amide bonds. The molecule has 654 valence electrons. The molecule has 14 nitrogen and oxygen atoms in total. The third-order valence-corrected chi connectivity index (χ3v) is 22.0. The summed E-state index contributed by atoms with van der Waals surface area (Å²) >= 11 is 0. The van der Waals surface area contributed by atoms with Crippen molar-refractivity contribution >= 4 is 26.2 Å². The zero-order chi connectivity index (χ0) is 80.5. The molecule has 0 spiro atoms. The van der Waals surface area contributed by atoms with Crippen molar-refractivity contribution in [1.82, 2.24) is 34.3 Å². The molecule has 6 aliphatic heterocycles. The first-order valence-electron chi connectivity index (χ1n) is 41.4. The fourth-order valence-electron chi connectivity index (χ4n) is 12.2. The Morgan fingerprint density at radius 3 is 1.11 bits per heavy atom. The molecule has 6 fully saturated rings. The number of nitrogens with zero attached hydrogens (tertiary/aromatic N) is 7. The number of morpholine rings is 1. The second-order valence-corrected chi connectivity index (χ2v) is 45.5. The summed E-state index contributed by atoms with van der Waals surface area (Å²) in [6, 6.07) is 18.0. The highest BCUT2D eigenvalue weighted by Gasteiger charge is 2.28. The van der Waals surface area contributed by atoms with Crippen molar-refractivity contribution in [3.05, 3.63) is 84.2 Å². The molecule has 16 heteroatoms. The number of hydrogen-bond donors (Lipinski definition) is 0. The van der Waals surface area contributed by atoms with Gasteiger partial charge in [0, 0.05) is 96.2 Å². The number of furan rings is 2. The van der Waals surface area contributed by atoms with E-state index in [0.717, 1.165) is 120 Å². The van der Waals surface area contributed by atoms with Crippen LogP contribution in [-0.2, 0) is 54.3 Å². The molecule has 0 saturated carbocycles. The Balaban J connectivity index is -0.000000572. The predicted molar refractivity (Wildman–Crippen MR) is 491 cm³/mol. The molecule has 3 aromatic rings. The van der Waals surface area contributed by atoms with E-state index in [-0.39, 0.29) is 51.6 Å². The van der Waals surface area contributed by atoms with Gasteiger partial charge in [-0.2, -0.15) is 0 Å². The average Bonchev–Trinajstić information content (AvgIpc) is 0.902. The number of ether oxygens (including phenoxy) is 3. The van der Waals surface area contributed by atoms with E-state index < -0.39 is 20.3 Å². The Bertz CT molecular complexity index is 2650. The van der Waals surface area contributed by atoms with Gasteiger partial charge in [-0.25, -0.2) is 0 Å². The lowest BCUT2D eigenvalue weighted by Gasteiger charge is -2.39. The second kappa shape index (κ2) is 56.8. The summed E-state index contributed by atoms with van der Waals surface area (Å²) in [4.78, 5) is 17.3. The van der Waals surface area contributed by atoms with Crippen LogP contribution in [0.5, 0.6) is 0 Å². The summed E-state index contributed by atoms with van der Waals surface area (Å²) in [6.45, 7) is 85.3. The van der Waals surface area contributed by atoms with E-state index >= 15 is 0 Å². The first-order chi connectivity index (χ1) is 48.8. The minimum Gasteiger partial charge on any atom is -0.468 e. The van der Waals surface area contributed by atoms with Crippen LogP contribution >= 0.6 is 0 Å². The van der Waals surface area contributed by atoms with Crippen molar-refractivity contribution < 1.29 is 31.5 Å². The Morgan fingerprint density at radius 2 is 0.764 bits per heavy atom. The predicted octanol–water partition coefficient (Wildman–Crippen LogP) is 22.5. The van der Waals surface area contributed by atoms with Gasteiger partial charge in [-0.1, -0.05) is 198 Å². The summed E-state index contributed by atoms with van der Waals surface area (Å²) in [5.41, 5.74) is 4.45. The summed E-state index contributed by atoms with van der Waals surface area (Å²) in [6.07, 6.45) is 18.7. The number of hydrogen-bond acceptors (Lipinski definition) is 14. The summed E-state index contributed by atoms with van der Waals surface area (Å²) in [7, 11) is -0.136. The number of rotatable bonds is 15. The SMILES string of the molecule is C.C.C.C.C=S1(=O)CCN(C(C)(C)C)CC1.CC(C)(C)CCN1CCCC1.CC(C)(C)CCN1CCCCC1.CC(C)(C)CCN1CCOCC1.CC(C)(C)COCc1ccccc1.CC(C)(C)COCc1ccco1.CC(C)(C)N1CCCCC1.CC(C)(C)N1CCS(=O)CC1.CN(Cc1ccco1)CC(C)(C)C. The molecule has 1 aromatic carbocycles. The highest BCUT2D eigenvalue weighted by Crippen LogP contribution is 2.25. The second-order valence-electron chi connectivity index (χ2n) is 41.1. The molecule has 6 aliphatic rings. The van der Waals surface area contributed by atoms with E-state index in [1.807, 2.05) is 42.5 Å². The Kier molecular flexibility index (Phi) is 58.8. The summed E-state index contributed by atoms with van der Waals surface area (Å²) in [5, 5.41) is 0. The van der Waals surface area contributed by atoms with E-state index in [4.69, 9.17) is 23.0 Å². The maximum Gasteiger partial charge on any atom is 0.129 e. The van der Waals surface area contributed by atoms with Crippen LogP contribution in [0, 0.1) is 32.5 Å². The maximum atomic E-state index is 11.5. The highest BCUT2D eigenvalue weighted by atomic mass is 32.2. The van der Waals surface area contributed by atoms with Crippen molar-refractivity contribution in [3.63, 3.8) is 0 Å². The Labute approximate surface area is 689 Å². The van der Waals surface area contributed by atoms with E-state index in [9.17, 15) is 8.42 Å². The van der Waals surface area contributed by atoms with Crippen LogP contribution in [0.1, 0.15) is 304 Å². The van der Waals surface area contributed by atoms with Crippen LogP contribution in [0.4, 0.5) is 0 Å². The quantitative estimate of drug-likeness (QED) is 0.135. The van der Waals surface area contributed by atoms with Gasteiger partial charge >= 0.3 is 0 Å². The van der Waals surface area contributed by atoms with Gasteiger partial charge in [-0.3, -0.25) is 32.9 Å². The molecular formula is C94H189N7O7S2. The Hall–Kier alpha value is -2.45. The highest BCUT2D eigenvalue weighted by molar-refractivity contribution is 8.00. The molecule has 0 radical (unpaired) electrons. The van der Waals surface area contributed by atoms with Crippen molar-refractivity contribution in [3.8, 4) is 0 Å². The van der Waals surface area contributed by atoms with Gasteiger partial charge in [0.2, 0.25) is 0 Å². The molecule has 0 unspecified atom stereocenters. The lowest BCUT2D eigenvalue weighted by Crippen LogP contribution is -2.49. The van der Waals surface area contributed by atoms with Gasteiger partial charge in [0.15, 0.2) is 0 Å². The summed E-state index contributed by atoms with van der Waals surface area (Å²) in [5.74, 6) is 8.92. The first-order valence-corrected chi connectivity index (χ1v) is 44.9. The average molecular weight is 1590 g/mol. The lowest BCUT2D eigenvalue weighted by atomic mass is 9.92. The third kappa shape index (κ3) is 66.7. The molecule has 9 rings (SSSR count). The minimum atomic E-state index is -1.72. The van der Waals surface area contributed by atoms with E-state index in [0.29, 0.717) is 33.8 Å². The molecule has 0 atom stereocenters. The standard InChI is InChI=1S/C12H18O.C11H19NO.C11H23N.C10H21NO.C10H21N.C10H16O2.C9H19NOS.C9H19N.C8H17NOS.4CH4/c1-12(2,3)10-13-9-11-7-5-4-6-8-11;1-11(2,3)9-12(4)8-10-6-5-7-13-10;1-11(2,3)7-10-12-8-5-4-6-9-12;1-10(2,3)4-5-11-6-8-12-9-7-11;1-10(2,3)6-9-11-7-4-5-8-11;1-10(2,3)8-11-7-9-5-4-6-12-9;1-9(2,3)10-5-7-12(4,11)8-6-10;1-9(2,3)10-7-5-4-6-8-10;1-8(2,3)9-4-6-11(10)7-5-9;;;;/h4-8H,9-10H2,1-3H3;5-7H,8-9H2,1-4H3;4-10H2,1-3H3;4-9H2,1-3H3;4-9H2,1-3H3;4-6H,7-8H2,1-3H3;4-8H2,1-3H3;4-8H2,1-3H3;4-7H2,1-3H3;4*1H4. The van der Waals surface area contributed by atoms with Crippen molar-refractivity contribution in [2.24, 2.45) is 32.5 Å². The van der Waals surface area contributed by atoms with E-state index in [1.54, 1.807) is 12.5 Å². The topological polar surface area (TPSA) is 111 Å². The zero-order valence-electron chi connectivity index (χ0n) is 74.7. The van der Waals surface area contributed by atoms with Crippen molar-refractivity contribution in [1.29, 1.82) is 0 Å². The molecule has 2 aromatic heterocycles. The molecule has 0 bridgehead atoms. The largest absolute Gasteiger partial charge is 0.468 e. The lowest BCUT2D eigenvalue weighted by molar-refractivity contribution is 0.0333. The van der Waals surface area contributed by atoms with Gasteiger partial charge in [0.05, 0.1) is 52.1 Å².